The summed E-state index contributed by atoms with van der Waals surface area (Å²) >= 11 is 1.13. The van der Waals surface area contributed by atoms with E-state index in [1.54, 1.807) is 4.68 Å². The second-order valence-electron chi connectivity index (χ2n) is 6.31. The van der Waals surface area contributed by atoms with Crippen LogP contribution < -0.4 is 5.32 Å². The van der Waals surface area contributed by atoms with Crippen LogP contribution in [0.5, 0.6) is 0 Å². The zero-order valence-corrected chi connectivity index (χ0v) is 15.6. The summed E-state index contributed by atoms with van der Waals surface area (Å²) in [6.07, 6.45) is -4.55. The SMILES string of the molecule is CC(C)C(Sc1nnnn1C(C)C)C(=O)Nc1ccccc1C(F)(F)F. The Hall–Kier alpha value is -2.10. The van der Waals surface area contributed by atoms with Crippen LogP contribution in [-0.2, 0) is 11.0 Å². The van der Waals surface area contributed by atoms with Gasteiger partial charge < -0.3 is 5.32 Å². The Balaban J connectivity index is 2.24. The number of amides is 1. The summed E-state index contributed by atoms with van der Waals surface area (Å²) in [6.45, 7) is 7.42. The number of para-hydroxylation sites is 1. The van der Waals surface area contributed by atoms with Crippen molar-refractivity contribution in [1.82, 2.24) is 20.2 Å². The Morgan fingerprint density at radius 3 is 2.42 bits per heavy atom. The van der Waals surface area contributed by atoms with Crippen molar-refractivity contribution in [2.24, 2.45) is 5.92 Å². The van der Waals surface area contributed by atoms with Gasteiger partial charge in [0.2, 0.25) is 11.1 Å². The first-order valence-electron chi connectivity index (χ1n) is 8.03. The quantitative estimate of drug-likeness (QED) is 0.758. The van der Waals surface area contributed by atoms with Crippen LogP contribution >= 0.6 is 11.8 Å². The van der Waals surface area contributed by atoms with Gasteiger partial charge in [-0.25, -0.2) is 4.68 Å². The first kappa shape index (κ1) is 20.2. The number of alkyl halides is 3. The van der Waals surface area contributed by atoms with Gasteiger partial charge in [-0.05, 0) is 42.3 Å². The Bertz CT molecular complexity index is 760. The van der Waals surface area contributed by atoms with E-state index in [0.717, 1.165) is 17.8 Å². The molecule has 6 nitrogen and oxygen atoms in total. The van der Waals surface area contributed by atoms with Gasteiger partial charge in [0.1, 0.15) is 0 Å². The Morgan fingerprint density at radius 2 is 1.85 bits per heavy atom. The molecule has 1 heterocycles. The number of tetrazole rings is 1. The second kappa shape index (κ2) is 8.07. The van der Waals surface area contributed by atoms with Crippen LogP contribution in [-0.4, -0.2) is 31.4 Å². The minimum absolute atomic E-state index is 0.00525. The molecule has 0 aliphatic rings. The lowest BCUT2D eigenvalue weighted by molar-refractivity contribution is -0.137. The highest BCUT2D eigenvalue weighted by Gasteiger charge is 2.35. The summed E-state index contributed by atoms with van der Waals surface area (Å²) in [5, 5.41) is 13.6. The third kappa shape index (κ3) is 4.75. The maximum absolute atomic E-state index is 13.1. The second-order valence-corrected chi connectivity index (χ2v) is 7.42. The lowest BCUT2D eigenvalue weighted by atomic mass is 10.1. The molecule has 10 heteroatoms. The van der Waals surface area contributed by atoms with E-state index in [4.69, 9.17) is 0 Å². The number of carbonyl (C=O) groups is 1. The Morgan fingerprint density at radius 1 is 1.19 bits per heavy atom. The molecule has 0 saturated heterocycles. The van der Waals surface area contributed by atoms with Gasteiger partial charge in [-0.3, -0.25) is 4.79 Å². The highest BCUT2D eigenvalue weighted by molar-refractivity contribution is 8.00. The minimum Gasteiger partial charge on any atom is -0.325 e. The van der Waals surface area contributed by atoms with Crippen molar-refractivity contribution >= 4 is 23.4 Å². The number of halogens is 3. The van der Waals surface area contributed by atoms with Gasteiger partial charge in [-0.15, -0.1) is 5.10 Å². The molecule has 0 bridgehead atoms. The van der Waals surface area contributed by atoms with Crippen molar-refractivity contribution in [1.29, 1.82) is 0 Å². The standard InChI is InChI=1S/C16H20F3N5OS/c1-9(2)13(26-15-21-22-23-24(15)10(3)4)14(25)20-12-8-6-5-7-11(12)16(17,18)19/h5-10,13H,1-4H3,(H,20,25). The van der Waals surface area contributed by atoms with E-state index in [-0.39, 0.29) is 17.6 Å². The van der Waals surface area contributed by atoms with E-state index in [0.29, 0.717) is 5.16 Å². The predicted octanol–water partition coefficient (Wildman–Crippen LogP) is 4.03. The number of hydrogen-bond donors (Lipinski definition) is 1. The average Bonchev–Trinajstić information content (AvgIpc) is 3.00. The van der Waals surface area contributed by atoms with Crippen molar-refractivity contribution in [3.8, 4) is 0 Å². The summed E-state index contributed by atoms with van der Waals surface area (Å²) < 4.78 is 40.9. The molecule has 0 aliphatic heterocycles. The van der Waals surface area contributed by atoms with Crippen molar-refractivity contribution in [3.05, 3.63) is 29.8 Å². The monoisotopic (exact) mass is 387 g/mol. The van der Waals surface area contributed by atoms with E-state index in [1.165, 1.54) is 18.2 Å². The summed E-state index contributed by atoms with van der Waals surface area (Å²) in [6, 6.07) is 4.90. The molecule has 1 aromatic heterocycles. The molecule has 1 amide bonds. The molecule has 1 atom stereocenters. The van der Waals surface area contributed by atoms with Gasteiger partial charge in [-0.1, -0.05) is 37.7 Å². The summed E-state index contributed by atoms with van der Waals surface area (Å²) in [5.74, 6) is -0.671. The molecule has 1 N–H and O–H groups in total. The van der Waals surface area contributed by atoms with Gasteiger partial charge in [-0.2, -0.15) is 13.2 Å². The molecule has 0 saturated carbocycles. The lowest BCUT2D eigenvalue weighted by Gasteiger charge is -2.21. The van der Waals surface area contributed by atoms with Crippen molar-refractivity contribution in [2.75, 3.05) is 5.32 Å². The minimum atomic E-state index is -4.55. The summed E-state index contributed by atoms with van der Waals surface area (Å²) in [4.78, 5) is 12.7. The molecule has 2 rings (SSSR count). The van der Waals surface area contributed by atoms with Gasteiger partial charge in [0.15, 0.2) is 0 Å². The smallest absolute Gasteiger partial charge is 0.325 e. The lowest BCUT2D eigenvalue weighted by Crippen LogP contribution is -2.31. The molecule has 142 valence electrons. The maximum atomic E-state index is 13.1. The molecule has 1 unspecified atom stereocenters. The van der Waals surface area contributed by atoms with Gasteiger partial charge >= 0.3 is 6.18 Å². The fourth-order valence-corrected chi connectivity index (χ4v) is 3.34. The summed E-state index contributed by atoms with van der Waals surface area (Å²) in [5.41, 5.74) is -1.15. The first-order chi connectivity index (χ1) is 12.1. The molecular formula is C16H20F3N5OS. The van der Waals surface area contributed by atoms with Crippen LogP contribution in [0.15, 0.2) is 29.4 Å². The molecule has 26 heavy (non-hydrogen) atoms. The number of benzene rings is 1. The Kier molecular flexibility index (Phi) is 6.27. The third-order valence-corrected chi connectivity index (χ3v) is 5.03. The van der Waals surface area contributed by atoms with Gasteiger partial charge in [0.25, 0.3) is 0 Å². The van der Waals surface area contributed by atoms with E-state index in [1.807, 2.05) is 27.7 Å². The van der Waals surface area contributed by atoms with Crippen molar-refractivity contribution in [3.63, 3.8) is 0 Å². The number of aromatic nitrogens is 4. The van der Waals surface area contributed by atoms with Crippen LogP contribution in [0.2, 0.25) is 0 Å². The average molecular weight is 387 g/mol. The molecule has 0 spiro atoms. The van der Waals surface area contributed by atoms with Crippen LogP contribution in [0.1, 0.15) is 39.3 Å². The Labute approximate surface area is 153 Å². The normalized spacial score (nSPS) is 13.3. The zero-order valence-electron chi connectivity index (χ0n) is 14.8. The van der Waals surface area contributed by atoms with E-state index in [9.17, 15) is 18.0 Å². The van der Waals surface area contributed by atoms with E-state index < -0.39 is 22.9 Å². The van der Waals surface area contributed by atoms with E-state index in [2.05, 4.69) is 20.8 Å². The third-order valence-electron chi connectivity index (χ3n) is 3.54. The number of nitrogens with zero attached hydrogens (tertiary/aromatic N) is 4. The van der Waals surface area contributed by atoms with E-state index >= 15 is 0 Å². The van der Waals surface area contributed by atoms with Crippen LogP contribution in [0.4, 0.5) is 18.9 Å². The van der Waals surface area contributed by atoms with Crippen molar-refractivity contribution < 1.29 is 18.0 Å². The van der Waals surface area contributed by atoms with Crippen molar-refractivity contribution in [2.45, 2.75) is 50.3 Å². The van der Waals surface area contributed by atoms with Crippen LogP contribution in [0.3, 0.4) is 0 Å². The number of rotatable bonds is 6. The predicted molar refractivity (Wildman–Crippen MR) is 92.8 cm³/mol. The fraction of sp³-hybridized carbons (Fsp3) is 0.500. The number of anilines is 1. The number of hydrogen-bond acceptors (Lipinski definition) is 5. The molecule has 1 aromatic carbocycles. The van der Waals surface area contributed by atoms with Crippen LogP contribution in [0.25, 0.3) is 0 Å². The highest BCUT2D eigenvalue weighted by atomic mass is 32.2. The number of nitrogens with one attached hydrogen (secondary N) is 1. The molecule has 0 radical (unpaired) electrons. The van der Waals surface area contributed by atoms with Gasteiger partial charge in [0.05, 0.1) is 22.5 Å². The molecule has 0 aliphatic carbocycles. The summed E-state index contributed by atoms with van der Waals surface area (Å²) in [7, 11) is 0. The number of thioether (sulfide) groups is 1. The fourth-order valence-electron chi connectivity index (χ4n) is 2.24. The molecule has 0 fully saturated rings. The zero-order chi connectivity index (χ0) is 19.5. The largest absolute Gasteiger partial charge is 0.418 e. The van der Waals surface area contributed by atoms with Gasteiger partial charge in [0, 0.05) is 0 Å². The molecule has 2 aromatic rings. The first-order valence-corrected chi connectivity index (χ1v) is 8.90. The topological polar surface area (TPSA) is 72.7 Å². The highest BCUT2D eigenvalue weighted by Crippen LogP contribution is 2.35. The maximum Gasteiger partial charge on any atom is 0.418 e. The van der Waals surface area contributed by atoms with Crippen LogP contribution in [0, 0.1) is 5.92 Å². The number of carbonyl (C=O) groups excluding carboxylic acids is 1. The molecular weight excluding hydrogens is 367 g/mol.